The van der Waals surface area contributed by atoms with E-state index in [0.29, 0.717) is 18.2 Å². The highest BCUT2D eigenvalue weighted by atomic mass is 16.6. The monoisotopic (exact) mass is 348 g/mol. The summed E-state index contributed by atoms with van der Waals surface area (Å²) >= 11 is 0. The van der Waals surface area contributed by atoms with Gasteiger partial charge in [0, 0.05) is 0 Å². The number of nitrogens with two attached hydrogens (primary N) is 3. The van der Waals surface area contributed by atoms with Crippen LogP contribution in [-0.2, 0) is 0 Å². The molecule has 1 aromatic carbocycles. The molecular formula is C12H24N6O6. The highest BCUT2D eigenvalue weighted by Gasteiger charge is 2.21. The lowest BCUT2D eigenvalue weighted by molar-refractivity contribution is -0.403. The van der Waals surface area contributed by atoms with Crippen LogP contribution in [0.4, 0.5) is 17.1 Å². The van der Waals surface area contributed by atoms with E-state index >= 15 is 0 Å². The summed E-state index contributed by atoms with van der Waals surface area (Å²) < 4.78 is 0. The lowest BCUT2D eigenvalue weighted by Crippen LogP contribution is -1.96. The summed E-state index contributed by atoms with van der Waals surface area (Å²) in [6.07, 6.45) is 0. The maximum absolute atomic E-state index is 10.3. The molecule has 0 saturated heterocycles. The fraction of sp³-hybridized carbons (Fsp3) is 0.500. The molecule has 24 heavy (non-hydrogen) atoms. The minimum absolute atomic E-state index is 0.660. The maximum atomic E-state index is 10.3. The molecule has 0 fully saturated rings. The first-order valence-electron chi connectivity index (χ1n) is 6.84. The van der Waals surface area contributed by atoms with Crippen LogP contribution in [0.5, 0.6) is 0 Å². The third kappa shape index (κ3) is 14.2. The number of nitro benzene ring substituents is 3. The number of benzene rings is 1. The number of nitrogens with zero attached hydrogens (tertiary/aromatic N) is 3. The summed E-state index contributed by atoms with van der Waals surface area (Å²) in [7, 11) is 0. The summed E-state index contributed by atoms with van der Waals surface area (Å²) in [4.78, 5) is 28.1. The highest BCUT2D eigenvalue weighted by molar-refractivity contribution is 5.52. The molecule has 1 rings (SSSR count). The summed E-state index contributed by atoms with van der Waals surface area (Å²) in [5, 5.41) is 30.9. The molecule has 0 atom stereocenters. The fourth-order valence-corrected chi connectivity index (χ4v) is 0.896. The van der Waals surface area contributed by atoms with Crippen LogP contribution in [0.3, 0.4) is 0 Å². The van der Waals surface area contributed by atoms with Gasteiger partial charge in [0.15, 0.2) is 0 Å². The maximum Gasteiger partial charge on any atom is 0.283 e. The molecular weight excluding hydrogens is 324 g/mol. The zero-order chi connectivity index (χ0) is 19.7. The Balaban J connectivity index is -0.000000410. The normalized spacial score (nSPS) is 8.25. The van der Waals surface area contributed by atoms with E-state index in [9.17, 15) is 30.3 Å². The second kappa shape index (κ2) is 16.7. The van der Waals surface area contributed by atoms with Gasteiger partial charge in [0.05, 0.1) is 33.0 Å². The molecule has 0 bridgehead atoms. The zero-order valence-corrected chi connectivity index (χ0v) is 13.9. The summed E-state index contributed by atoms with van der Waals surface area (Å²) in [5.74, 6) is 0. The Hall–Kier alpha value is -2.70. The molecule has 12 nitrogen and oxygen atoms in total. The van der Waals surface area contributed by atoms with E-state index in [-0.39, 0.29) is 0 Å². The topological polar surface area (TPSA) is 207 Å². The van der Waals surface area contributed by atoms with Crippen molar-refractivity contribution in [2.24, 2.45) is 17.2 Å². The molecule has 12 heteroatoms. The molecule has 138 valence electrons. The number of hydrogen-bond acceptors (Lipinski definition) is 9. The summed E-state index contributed by atoms with van der Waals surface area (Å²) in [6.45, 7) is 7.96. The molecule has 6 N–H and O–H groups in total. The Labute approximate surface area is 139 Å². The lowest BCUT2D eigenvalue weighted by atomic mass is 10.2. The van der Waals surface area contributed by atoms with Crippen molar-refractivity contribution in [3.8, 4) is 0 Å². The van der Waals surface area contributed by atoms with Gasteiger partial charge in [-0.1, -0.05) is 20.8 Å². The van der Waals surface area contributed by atoms with E-state index in [1.807, 2.05) is 20.8 Å². The first-order valence-corrected chi connectivity index (χ1v) is 6.84. The largest absolute Gasteiger partial charge is 0.331 e. The fourth-order valence-electron chi connectivity index (χ4n) is 0.896. The van der Waals surface area contributed by atoms with Crippen LogP contribution in [0.1, 0.15) is 20.8 Å². The van der Waals surface area contributed by atoms with Gasteiger partial charge < -0.3 is 17.2 Å². The van der Waals surface area contributed by atoms with Crippen LogP contribution in [0.2, 0.25) is 0 Å². The van der Waals surface area contributed by atoms with Crippen molar-refractivity contribution in [1.29, 1.82) is 0 Å². The van der Waals surface area contributed by atoms with Gasteiger partial charge in [0.25, 0.3) is 17.1 Å². The average Bonchev–Trinajstić information content (AvgIpc) is 2.49. The van der Waals surface area contributed by atoms with Crippen molar-refractivity contribution in [2.45, 2.75) is 20.8 Å². The Bertz CT molecular complexity index is 427. The minimum Gasteiger partial charge on any atom is -0.331 e. The second-order valence-corrected chi connectivity index (χ2v) is 3.70. The Kier molecular flexibility index (Phi) is 18.2. The first kappa shape index (κ1) is 26.2. The van der Waals surface area contributed by atoms with Crippen molar-refractivity contribution >= 4 is 17.1 Å². The van der Waals surface area contributed by atoms with Crippen molar-refractivity contribution < 1.29 is 14.8 Å². The van der Waals surface area contributed by atoms with Gasteiger partial charge in [-0.3, -0.25) is 30.3 Å². The average molecular weight is 348 g/mol. The molecule has 0 saturated carbocycles. The van der Waals surface area contributed by atoms with E-state index in [1.165, 1.54) is 0 Å². The number of non-ortho nitro benzene ring substituents is 3. The SMILES string of the molecule is CCN.CCN.CCN.O=[N+]([O-])c1cc([N+](=O)[O-])cc([N+](=O)[O-])c1. The predicted molar refractivity (Wildman–Crippen MR) is 90.6 cm³/mol. The van der Waals surface area contributed by atoms with Gasteiger partial charge in [-0.15, -0.1) is 0 Å². The molecule has 0 spiro atoms. The van der Waals surface area contributed by atoms with Crippen LogP contribution in [0.15, 0.2) is 18.2 Å². The van der Waals surface area contributed by atoms with Gasteiger partial charge in [0.1, 0.15) is 0 Å². The minimum atomic E-state index is -0.931. The van der Waals surface area contributed by atoms with E-state index in [4.69, 9.17) is 17.2 Å². The standard InChI is InChI=1S/C6H3N3O6.3C2H7N/c10-7(11)4-1-5(8(12)13)3-6(2-4)9(14)15;3*1-2-3/h1-3H;3*2-3H2,1H3. The van der Waals surface area contributed by atoms with Gasteiger partial charge >= 0.3 is 0 Å². The first-order chi connectivity index (χ1) is 11.2. The third-order valence-electron chi connectivity index (χ3n) is 1.52. The van der Waals surface area contributed by atoms with Gasteiger partial charge in [-0.05, 0) is 19.6 Å². The molecule has 0 aromatic heterocycles. The van der Waals surface area contributed by atoms with E-state index in [2.05, 4.69) is 0 Å². The van der Waals surface area contributed by atoms with E-state index in [0.717, 1.165) is 19.6 Å². The number of rotatable bonds is 3. The van der Waals surface area contributed by atoms with Crippen LogP contribution < -0.4 is 17.2 Å². The van der Waals surface area contributed by atoms with Crippen LogP contribution in [0.25, 0.3) is 0 Å². The highest BCUT2D eigenvalue weighted by Crippen LogP contribution is 2.26. The quantitative estimate of drug-likeness (QED) is 0.530. The zero-order valence-electron chi connectivity index (χ0n) is 13.9. The van der Waals surface area contributed by atoms with Crippen molar-refractivity contribution in [3.05, 3.63) is 48.5 Å². The van der Waals surface area contributed by atoms with Crippen molar-refractivity contribution in [3.63, 3.8) is 0 Å². The molecule has 0 radical (unpaired) electrons. The van der Waals surface area contributed by atoms with E-state index < -0.39 is 31.8 Å². The number of hydrogen-bond donors (Lipinski definition) is 3. The molecule has 0 aliphatic rings. The third-order valence-corrected chi connectivity index (χ3v) is 1.52. The summed E-state index contributed by atoms with van der Waals surface area (Å²) in [5.41, 5.74) is 12.5. The Morgan fingerprint density at radius 2 is 0.792 bits per heavy atom. The Morgan fingerprint density at radius 3 is 0.875 bits per heavy atom. The predicted octanol–water partition coefficient (Wildman–Crippen LogP) is 1.31. The van der Waals surface area contributed by atoms with Gasteiger partial charge in [-0.25, -0.2) is 0 Å². The van der Waals surface area contributed by atoms with Crippen LogP contribution in [-0.4, -0.2) is 34.4 Å². The Morgan fingerprint density at radius 1 is 0.667 bits per heavy atom. The van der Waals surface area contributed by atoms with Crippen molar-refractivity contribution in [1.82, 2.24) is 0 Å². The molecule has 0 unspecified atom stereocenters. The lowest BCUT2D eigenvalue weighted by Gasteiger charge is -1.93. The van der Waals surface area contributed by atoms with Gasteiger partial charge in [-0.2, -0.15) is 0 Å². The second-order valence-electron chi connectivity index (χ2n) is 3.70. The molecule has 0 heterocycles. The van der Waals surface area contributed by atoms with Gasteiger partial charge in [0.2, 0.25) is 0 Å². The van der Waals surface area contributed by atoms with Crippen molar-refractivity contribution in [2.75, 3.05) is 19.6 Å². The number of nitro groups is 3. The molecule has 0 aliphatic carbocycles. The van der Waals surface area contributed by atoms with Crippen LogP contribution >= 0.6 is 0 Å². The summed E-state index contributed by atoms with van der Waals surface area (Å²) in [6, 6.07) is 1.98. The smallest absolute Gasteiger partial charge is 0.283 e. The molecule has 0 amide bonds. The van der Waals surface area contributed by atoms with E-state index in [1.54, 1.807) is 0 Å². The molecule has 0 aliphatic heterocycles. The van der Waals surface area contributed by atoms with Crippen LogP contribution in [0, 0.1) is 30.3 Å². The molecule has 1 aromatic rings.